The Morgan fingerprint density at radius 2 is 2.18 bits per heavy atom. The molecule has 28 heavy (non-hydrogen) atoms. The maximum Gasteiger partial charge on any atom is 0.219 e. The van der Waals surface area contributed by atoms with Gasteiger partial charge in [0.2, 0.25) is 5.91 Å². The highest BCUT2D eigenvalue weighted by atomic mass is 32.2. The van der Waals surface area contributed by atoms with Gasteiger partial charge in [-0.25, -0.2) is 13.4 Å². The van der Waals surface area contributed by atoms with Crippen molar-refractivity contribution >= 4 is 27.3 Å². The number of hydrogen-bond acceptors (Lipinski definition) is 6. The van der Waals surface area contributed by atoms with Crippen molar-refractivity contribution in [3.63, 3.8) is 0 Å². The van der Waals surface area contributed by atoms with Crippen LogP contribution < -0.4 is 11.1 Å². The molecule has 0 radical (unpaired) electrons. The summed E-state index contributed by atoms with van der Waals surface area (Å²) in [6.07, 6.45) is 2.73. The average molecular weight is 407 g/mol. The van der Waals surface area contributed by atoms with Gasteiger partial charge in [0, 0.05) is 44.0 Å². The van der Waals surface area contributed by atoms with E-state index in [1.165, 1.54) is 19.1 Å². The van der Waals surface area contributed by atoms with Gasteiger partial charge >= 0.3 is 0 Å². The molecule has 2 aliphatic heterocycles. The second-order valence-electron chi connectivity index (χ2n) is 7.12. The van der Waals surface area contributed by atoms with Crippen molar-refractivity contribution in [1.29, 1.82) is 0 Å². The zero-order chi connectivity index (χ0) is 20.3. The van der Waals surface area contributed by atoms with Gasteiger partial charge in [-0.1, -0.05) is 6.07 Å². The molecule has 1 aromatic rings. The lowest BCUT2D eigenvalue weighted by Crippen LogP contribution is -2.43. The number of ether oxygens (including phenoxy) is 1. The molecule has 2 heterocycles. The first kappa shape index (κ1) is 20.3. The second kappa shape index (κ2) is 8.32. The van der Waals surface area contributed by atoms with E-state index >= 15 is 0 Å². The Morgan fingerprint density at radius 3 is 2.82 bits per heavy atom. The molecule has 2 aliphatic rings. The second-order valence-corrected chi connectivity index (χ2v) is 9.13. The molecule has 1 unspecified atom stereocenters. The SMILES string of the molecule is CC(=O)N1CCC(NC2CCOC2)=C(C(N)=Nc2cccc(S(C)(=O)=O)c2)C1. The molecule has 1 amide bonds. The molecule has 152 valence electrons. The molecule has 1 aromatic carbocycles. The summed E-state index contributed by atoms with van der Waals surface area (Å²) >= 11 is 0. The van der Waals surface area contributed by atoms with Crippen LogP contribution in [0.2, 0.25) is 0 Å². The van der Waals surface area contributed by atoms with Gasteiger partial charge in [0.1, 0.15) is 5.84 Å². The molecule has 3 rings (SSSR count). The maximum absolute atomic E-state index is 11.8. The van der Waals surface area contributed by atoms with Gasteiger partial charge in [-0.3, -0.25) is 4.79 Å². The predicted molar refractivity (Wildman–Crippen MR) is 107 cm³/mol. The first-order valence-corrected chi connectivity index (χ1v) is 11.1. The number of rotatable bonds is 5. The van der Waals surface area contributed by atoms with Gasteiger partial charge in [0.25, 0.3) is 0 Å². The zero-order valence-electron chi connectivity index (χ0n) is 16.1. The molecule has 1 atom stereocenters. The molecular weight excluding hydrogens is 380 g/mol. The molecule has 0 spiro atoms. The summed E-state index contributed by atoms with van der Waals surface area (Å²) in [4.78, 5) is 18.2. The topological polar surface area (TPSA) is 114 Å². The highest BCUT2D eigenvalue weighted by Gasteiger charge is 2.26. The number of aliphatic imine (C=N–C) groups is 1. The minimum Gasteiger partial charge on any atom is -0.383 e. The van der Waals surface area contributed by atoms with E-state index in [0.717, 1.165) is 30.6 Å². The molecular formula is C19H26N4O4S. The third kappa shape index (κ3) is 4.90. The van der Waals surface area contributed by atoms with Crippen LogP contribution in [0.4, 0.5) is 5.69 Å². The number of nitrogens with two attached hydrogens (primary N) is 1. The Morgan fingerprint density at radius 1 is 1.39 bits per heavy atom. The molecule has 0 bridgehead atoms. The van der Waals surface area contributed by atoms with Crippen molar-refractivity contribution in [2.75, 3.05) is 32.6 Å². The van der Waals surface area contributed by atoms with Crippen molar-refractivity contribution in [2.45, 2.75) is 30.7 Å². The van der Waals surface area contributed by atoms with Crippen LogP contribution in [-0.2, 0) is 19.4 Å². The largest absolute Gasteiger partial charge is 0.383 e. The molecule has 9 heteroatoms. The van der Waals surface area contributed by atoms with Crippen LogP contribution in [0.3, 0.4) is 0 Å². The summed E-state index contributed by atoms with van der Waals surface area (Å²) in [5, 5.41) is 3.49. The zero-order valence-corrected chi connectivity index (χ0v) is 17.0. The van der Waals surface area contributed by atoms with Gasteiger partial charge in [0.05, 0.1) is 29.8 Å². The molecule has 0 aromatic heterocycles. The monoisotopic (exact) mass is 406 g/mol. The normalized spacial score (nSPS) is 21.1. The van der Waals surface area contributed by atoms with Gasteiger partial charge in [-0.15, -0.1) is 0 Å². The van der Waals surface area contributed by atoms with E-state index in [-0.39, 0.29) is 22.7 Å². The standard InChI is InChI=1S/C19H26N4O4S/c1-13(24)23-8-6-18(21-15-7-9-27-12-15)17(11-23)19(20)22-14-4-3-5-16(10-14)28(2,25)26/h3-5,10,15,21H,6-9,11-12H2,1-2H3,(H2,20,22). The summed E-state index contributed by atoms with van der Waals surface area (Å²) in [6.45, 7) is 3.88. The molecule has 1 saturated heterocycles. The summed E-state index contributed by atoms with van der Waals surface area (Å²) < 4.78 is 29.0. The van der Waals surface area contributed by atoms with E-state index in [9.17, 15) is 13.2 Å². The van der Waals surface area contributed by atoms with Crippen molar-refractivity contribution < 1.29 is 17.9 Å². The highest BCUT2D eigenvalue weighted by molar-refractivity contribution is 7.90. The Kier molecular flexibility index (Phi) is 6.04. The van der Waals surface area contributed by atoms with Gasteiger partial charge < -0.3 is 20.7 Å². The lowest BCUT2D eigenvalue weighted by molar-refractivity contribution is -0.128. The number of benzene rings is 1. The molecule has 3 N–H and O–H groups in total. The van der Waals surface area contributed by atoms with Crippen molar-refractivity contribution in [3.8, 4) is 0 Å². The number of carbonyl (C=O) groups is 1. The fourth-order valence-corrected chi connectivity index (χ4v) is 3.97. The Bertz CT molecular complexity index is 918. The van der Waals surface area contributed by atoms with Gasteiger partial charge in [-0.05, 0) is 24.6 Å². The van der Waals surface area contributed by atoms with Gasteiger partial charge in [-0.2, -0.15) is 0 Å². The average Bonchev–Trinajstić information content (AvgIpc) is 3.14. The van der Waals surface area contributed by atoms with Crippen LogP contribution in [0.15, 0.2) is 45.4 Å². The smallest absolute Gasteiger partial charge is 0.219 e. The van der Waals surface area contributed by atoms with E-state index in [1.807, 2.05) is 0 Å². The van der Waals surface area contributed by atoms with Crippen LogP contribution in [0, 0.1) is 0 Å². The summed E-state index contributed by atoms with van der Waals surface area (Å²) in [7, 11) is -3.33. The number of nitrogens with one attached hydrogen (secondary N) is 1. The highest BCUT2D eigenvalue weighted by Crippen LogP contribution is 2.22. The third-order valence-corrected chi connectivity index (χ3v) is 6.01. The van der Waals surface area contributed by atoms with Crippen LogP contribution in [0.5, 0.6) is 0 Å². The molecule has 8 nitrogen and oxygen atoms in total. The predicted octanol–water partition coefficient (Wildman–Crippen LogP) is 0.964. The Labute approximate surface area is 165 Å². The van der Waals surface area contributed by atoms with E-state index < -0.39 is 9.84 Å². The fraction of sp³-hybridized carbons (Fsp3) is 0.474. The van der Waals surface area contributed by atoms with Crippen LogP contribution in [-0.4, -0.2) is 63.7 Å². The minimum absolute atomic E-state index is 0.0207. The number of amides is 1. The van der Waals surface area contributed by atoms with E-state index in [0.29, 0.717) is 31.8 Å². The number of carbonyl (C=O) groups excluding carboxylic acids is 1. The fourth-order valence-electron chi connectivity index (χ4n) is 3.31. The van der Waals surface area contributed by atoms with Crippen molar-refractivity contribution in [1.82, 2.24) is 10.2 Å². The number of nitrogens with zero attached hydrogens (tertiary/aromatic N) is 2. The Hall–Kier alpha value is -2.39. The molecule has 0 aliphatic carbocycles. The summed E-state index contributed by atoms with van der Waals surface area (Å²) in [5.41, 5.74) is 8.48. The van der Waals surface area contributed by atoms with Gasteiger partial charge in [0.15, 0.2) is 9.84 Å². The lowest BCUT2D eigenvalue weighted by atomic mass is 10.0. The minimum atomic E-state index is -3.33. The number of hydrogen-bond donors (Lipinski definition) is 2. The summed E-state index contributed by atoms with van der Waals surface area (Å²) in [5.74, 6) is 0.255. The van der Waals surface area contributed by atoms with E-state index in [2.05, 4.69) is 10.3 Å². The summed E-state index contributed by atoms with van der Waals surface area (Å²) in [6, 6.07) is 6.57. The Balaban J connectivity index is 1.93. The third-order valence-electron chi connectivity index (χ3n) is 4.90. The van der Waals surface area contributed by atoms with Crippen LogP contribution in [0.1, 0.15) is 19.8 Å². The maximum atomic E-state index is 11.8. The first-order valence-electron chi connectivity index (χ1n) is 9.20. The first-order chi connectivity index (χ1) is 13.2. The van der Waals surface area contributed by atoms with Crippen molar-refractivity contribution in [3.05, 3.63) is 35.5 Å². The number of sulfone groups is 1. The van der Waals surface area contributed by atoms with E-state index in [1.54, 1.807) is 17.0 Å². The lowest BCUT2D eigenvalue weighted by Gasteiger charge is -2.31. The molecule has 1 fully saturated rings. The number of amidine groups is 1. The van der Waals surface area contributed by atoms with Crippen LogP contribution >= 0.6 is 0 Å². The van der Waals surface area contributed by atoms with E-state index in [4.69, 9.17) is 10.5 Å². The molecule has 0 saturated carbocycles. The van der Waals surface area contributed by atoms with Crippen molar-refractivity contribution in [2.24, 2.45) is 10.7 Å². The quantitative estimate of drug-likeness (QED) is 0.556. The van der Waals surface area contributed by atoms with Crippen LogP contribution in [0.25, 0.3) is 0 Å².